The second-order valence-electron chi connectivity index (χ2n) is 15.3. The number of rotatable bonds is 10. The number of carbonyl (C=O) groups excluding carboxylic acids is 1. The summed E-state index contributed by atoms with van der Waals surface area (Å²) in [5, 5.41) is 1.21. The molecule has 2 fully saturated rings. The van der Waals surface area contributed by atoms with Crippen LogP contribution in [0.3, 0.4) is 0 Å². The molecule has 3 aromatic rings. The molecule has 1 amide bonds. The fraction of sp³-hybridized carbons (Fsp3) is 0.583. The minimum absolute atomic E-state index is 0.126. The Morgan fingerprint density at radius 3 is 2.39 bits per heavy atom. The highest BCUT2D eigenvalue weighted by molar-refractivity contribution is 6.74. The predicted molar refractivity (Wildman–Crippen MR) is 190 cm³/mol. The van der Waals surface area contributed by atoms with Crippen LogP contribution in [0.4, 0.5) is 22.0 Å². The van der Waals surface area contributed by atoms with Crippen LogP contribution in [-0.2, 0) is 9.16 Å². The number of amides is 1. The van der Waals surface area contributed by atoms with E-state index in [-0.39, 0.29) is 17.2 Å². The molecule has 9 nitrogen and oxygen atoms in total. The minimum atomic E-state index is -1.82. The maximum Gasteiger partial charge on any atom is 0.415 e. The number of likely N-dealkylation sites (N-methyl/N-ethyl adjacent to an activating group) is 1. The van der Waals surface area contributed by atoms with E-state index in [0.29, 0.717) is 30.5 Å². The average molecular weight is 648 g/mol. The van der Waals surface area contributed by atoms with Crippen molar-refractivity contribution in [1.29, 1.82) is 0 Å². The first-order chi connectivity index (χ1) is 21.6. The largest absolute Gasteiger partial charge is 0.495 e. The van der Waals surface area contributed by atoms with Crippen molar-refractivity contribution in [1.82, 2.24) is 9.97 Å². The number of ether oxygens (including phenoxy) is 2. The van der Waals surface area contributed by atoms with Gasteiger partial charge in [-0.2, -0.15) is 0 Å². The van der Waals surface area contributed by atoms with E-state index in [1.165, 1.54) is 0 Å². The molecule has 1 unspecified atom stereocenters. The summed E-state index contributed by atoms with van der Waals surface area (Å²) in [6.45, 7) is 20.0. The van der Waals surface area contributed by atoms with E-state index in [1.807, 2.05) is 45.0 Å². The van der Waals surface area contributed by atoms with Gasteiger partial charge in [0.15, 0.2) is 8.32 Å². The van der Waals surface area contributed by atoms with Gasteiger partial charge in [-0.15, -0.1) is 0 Å². The van der Waals surface area contributed by atoms with Gasteiger partial charge in [0.05, 0.1) is 31.0 Å². The van der Waals surface area contributed by atoms with E-state index in [9.17, 15) is 4.79 Å². The molecule has 0 radical (unpaired) electrons. The third kappa shape index (κ3) is 7.60. The van der Waals surface area contributed by atoms with E-state index in [2.05, 4.69) is 68.9 Å². The summed E-state index contributed by atoms with van der Waals surface area (Å²) in [7, 11) is 1.93. The number of aromatic nitrogens is 2. The molecule has 2 aliphatic rings. The third-order valence-corrected chi connectivity index (χ3v) is 14.1. The standard InChI is InChI=1S/C36H53N5O4Si/c1-35(2,3)45-34(42)41(30-13-11-12-14-31(30)43-8)27-19-20-40(24-27)33-28-23-26(17-18-29(28)37-32(38-33)25-15-16-25)39(7)21-22-44-46(9,10)36(4,5)6/h11-14,17-18,23,25,27H,15-16,19-22,24H2,1-10H3. The molecule has 10 heteroatoms. The smallest absolute Gasteiger partial charge is 0.415 e. The fourth-order valence-corrected chi connectivity index (χ4v) is 6.67. The SMILES string of the molecule is COc1ccccc1N(C(=O)OC(C)(C)C)C1CCN(c2nc(C3CC3)nc3ccc(N(C)CCO[Si](C)(C)C(C)(C)C)cc23)C1. The molecule has 5 rings (SSSR count). The van der Waals surface area contributed by atoms with Crippen molar-refractivity contribution in [2.24, 2.45) is 0 Å². The number of para-hydroxylation sites is 2. The van der Waals surface area contributed by atoms with Crippen molar-refractivity contribution in [3.8, 4) is 5.75 Å². The van der Waals surface area contributed by atoms with Crippen LogP contribution in [0, 0.1) is 0 Å². The molecule has 0 N–H and O–H groups in total. The second kappa shape index (κ2) is 13.0. The van der Waals surface area contributed by atoms with Crippen LogP contribution in [0.25, 0.3) is 10.9 Å². The van der Waals surface area contributed by atoms with Crippen molar-refractivity contribution >= 4 is 42.5 Å². The van der Waals surface area contributed by atoms with E-state index < -0.39 is 13.9 Å². The van der Waals surface area contributed by atoms with Gasteiger partial charge in [-0.3, -0.25) is 4.90 Å². The molecule has 1 saturated heterocycles. The first kappa shape index (κ1) is 34.0. The molecule has 1 saturated carbocycles. The molecule has 1 aliphatic heterocycles. The molecule has 1 aliphatic carbocycles. The highest BCUT2D eigenvalue weighted by Gasteiger charge is 2.38. The summed E-state index contributed by atoms with van der Waals surface area (Å²) in [4.78, 5) is 30.3. The Labute approximate surface area is 276 Å². The Morgan fingerprint density at radius 1 is 1.02 bits per heavy atom. The first-order valence-electron chi connectivity index (χ1n) is 16.6. The van der Waals surface area contributed by atoms with E-state index in [4.69, 9.17) is 23.9 Å². The maximum atomic E-state index is 13.7. The van der Waals surface area contributed by atoms with Crippen LogP contribution in [0.15, 0.2) is 42.5 Å². The normalized spacial score (nSPS) is 17.3. The van der Waals surface area contributed by atoms with Crippen LogP contribution in [0.5, 0.6) is 5.75 Å². The number of methoxy groups -OCH3 is 1. The molecule has 2 heterocycles. The van der Waals surface area contributed by atoms with E-state index >= 15 is 0 Å². The first-order valence-corrected chi connectivity index (χ1v) is 19.6. The van der Waals surface area contributed by atoms with Crippen LogP contribution >= 0.6 is 0 Å². The van der Waals surface area contributed by atoms with Crippen molar-refractivity contribution in [2.75, 3.05) is 55.1 Å². The van der Waals surface area contributed by atoms with Crippen LogP contribution in [0.1, 0.15) is 72.5 Å². The third-order valence-electron chi connectivity index (χ3n) is 9.52. The van der Waals surface area contributed by atoms with Crippen molar-refractivity contribution in [3.05, 3.63) is 48.3 Å². The van der Waals surface area contributed by atoms with Crippen molar-refractivity contribution in [2.45, 2.75) is 96.5 Å². The lowest BCUT2D eigenvalue weighted by Crippen LogP contribution is -2.45. The van der Waals surface area contributed by atoms with Crippen LogP contribution in [-0.4, -0.2) is 76.4 Å². The predicted octanol–water partition coefficient (Wildman–Crippen LogP) is 7.99. The quantitative estimate of drug-likeness (QED) is 0.205. The molecule has 46 heavy (non-hydrogen) atoms. The van der Waals surface area contributed by atoms with Gasteiger partial charge in [-0.1, -0.05) is 32.9 Å². The summed E-state index contributed by atoms with van der Waals surface area (Å²) >= 11 is 0. The minimum Gasteiger partial charge on any atom is -0.495 e. The summed E-state index contributed by atoms with van der Waals surface area (Å²) in [5.74, 6) is 2.92. The maximum absolute atomic E-state index is 13.7. The Bertz CT molecular complexity index is 1550. The summed E-state index contributed by atoms with van der Waals surface area (Å²) in [6, 6.07) is 14.0. The number of benzene rings is 2. The lowest BCUT2D eigenvalue weighted by Gasteiger charge is -2.36. The molecular weight excluding hydrogens is 595 g/mol. The number of hydrogen-bond donors (Lipinski definition) is 0. The second-order valence-corrected chi connectivity index (χ2v) is 20.1. The zero-order valence-corrected chi connectivity index (χ0v) is 30.5. The molecular formula is C36H53N5O4Si. The Balaban J connectivity index is 1.44. The Hall–Kier alpha value is -3.37. The van der Waals surface area contributed by atoms with Crippen molar-refractivity contribution in [3.63, 3.8) is 0 Å². The van der Waals surface area contributed by atoms with Gasteiger partial charge in [-0.05, 0) is 88.5 Å². The zero-order chi connectivity index (χ0) is 33.4. The highest BCUT2D eigenvalue weighted by Crippen LogP contribution is 2.42. The molecule has 0 bridgehead atoms. The van der Waals surface area contributed by atoms with Crippen molar-refractivity contribution < 1.29 is 18.7 Å². The number of carbonyl (C=O) groups is 1. The fourth-order valence-electron chi connectivity index (χ4n) is 5.63. The molecule has 2 aromatic carbocycles. The Morgan fingerprint density at radius 2 is 1.74 bits per heavy atom. The van der Waals surface area contributed by atoms with E-state index in [1.54, 1.807) is 12.0 Å². The summed E-state index contributed by atoms with van der Waals surface area (Å²) < 4.78 is 18.1. The molecule has 0 spiro atoms. The Kier molecular flexibility index (Phi) is 9.62. The lowest BCUT2D eigenvalue weighted by atomic mass is 10.1. The lowest BCUT2D eigenvalue weighted by molar-refractivity contribution is 0.0567. The summed E-state index contributed by atoms with van der Waals surface area (Å²) in [5.41, 5.74) is 2.14. The van der Waals surface area contributed by atoms with Gasteiger partial charge < -0.3 is 23.7 Å². The van der Waals surface area contributed by atoms with Crippen LogP contribution < -0.4 is 19.4 Å². The van der Waals surface area contributed by atoms with E-state index in [0.717, 1.165) is 60.6 Å². The number of hydrogen-bond acceptors (Lipinski definition) is 8. The zero-order valence-electron chi connectivity index (χ0n) is 29.5. The number of anilines is 3. The molecule has 1 aromatic heterocycles. The van der Waals surface area contributed by atoms with Crippen LogP contribution in [0.2, 0.25) is 18.1 Å². The average Bonchev–Trinajstić information content (AvgIpc) is 3.72. The van der Waals surface area contributed by atoms with Gasteiger partial charge in [-0.25, -0.2) is 14.8 Å². The molecule has 1 atom stereocenters. The van der Waals surface area contributed by atoms with Gasteiger partial charge in [0.1, 0.15) is 23.0 Å². The van der Waals surface area contributed by atoms with Gasteiger partial charge in [0.25, 0.3) is 0 Å². The van der Waals surface area contributed by atoms with Gasteiger partial charge in [0.2, 0.25) is 0 Å². The van der Waals surface area contributed by atoms with Gasteiger partial charge in [0, 0.05) is 43.7 Å². The number of nitrogens with zero attached hydrogens (tertiary/aromatic N) is 5. The summed E-state index contributed by atoms with van der Waals surface area (Å²) in [6.07, 6.45) is 2.65. The van der Waals surface area contributed by atoms with Gasteiger partial charge >= 0.3 is 6.09 Å². The monoisotopic (exact) mass is 647 g/mol. The number of fused-ring (bicyclic) bond motifs is 1. The molecule has 250 valence electrons. The highest BCUT2D eigenvalue weighted by atomic mass is 28.4. The topological polar surface area (TPSA) is 80.3 Å².